The summed E-state index contributed by atoms with van der Waals surface area (Å²) in [5.41, 5.74) is 12.2. The predicted molar refractivity (Wildman–Crippen MR) is 76.3 cm³/mol. The number of aromatic nitrogens is 2. The van der Waals surface area contributed by atoms with Crippen molar-refractivity contribution in [3.8, 4) is 17.2 Å². The van der Waals surface area contributed by atoms with Gasteiger partial charge in [0.2, 0.25) is 4.77 Å². The minimum Gasteiger partial charge on any atom is -0.494 e. The number of methoxy groups -OCH3 is 2. The lowest BCUT2D eigenvalue weighted by molar-refractivity contribution is 0.391. The van der Waals surface area contributed by atoms with Crippen LogP contribution in [0.4, 0.5) is 11.6 Å². The smallest absolute Gasteiger partial charge is 0.207 e. The van der Waals surface area contributed by atoms with Gasteiger partial charge in [-0.15, -0.1) is 0 Å². The van der Waals surface area contributed by atoms with Crippen molar-refractivity contribution in [1.82, 2.24) is 9.55 Å². The summed E-state index contributed by atoms with van der Waals surface area (Å²) in [5.74, 6) is 1.79. The van der Waals surface area contributed by atoms with Gasteiger partial charge in [-0.2, -0.15) is 0 Å². The molecule has 6 nitrogen and oxygen atoms in total. The first kappa shape index (κ1) is 13.2. The number of rotatable bonds is 3. The lowest BCUT2D eigenvalue weighted by Gasteiger charge is -2.17. The largest absolute Gasteiger partial charge is 0.494 e. The Kier molecular flexibility index (Phi) is 3.57. The average Bonchev–Trinajstić information content (AvgIpc) is 2.37. The molecule has 0 aliphatic heterocycles. The third-order valence-corrected chi connectivity index (χ3v) is 2.87. The number of anilines is 2. The van der Waals surface area contributed by atoms with Crippen LogP contribution >= 0.6 is 12.2 Å². The first-order valence-electron chi connectivity index (χ1n) is 5.45. The molecule has 1 heterocycles. The Morgan fingerprint density at radius 1 is 1.16 bits per heavy atom. The van der Waals surface area contributed by atoms with Gasteiger partial charge in [0, 0.05) is 6.07 Å². The van der Waals surface area contributed by atoms with Crippen molar-refractivity contribution >= 4 is 23.9 Å². The van der Waals surface area contributed by atoms with Crippen LogP contribution in [-0.4, -0.2) is 23.8 Å². The SMILES string of the molecule is COc1cccc(OC)c1-n1c(N)cc(N)nc1=S. The molecule has 19 heavy (non-hydrogen) atoms. The number of nitrogen functional groups attached to an aromatic ring is 2. The van der Waals surface area contributed by atoms with E-state index in [9.17, 15) is 0 Å². The van der Waals surface area contributed by atoms with Gasteiger partial charge in [-0.25, -0.2) is 4.98 Å². The van der Waals surface area contributed by atoms with Crippen LogP contribution in [0.2, 0.25) is 0 Å². The maximum absolute atomic E-state index is 5.97. The van der Waals surface area contributed by atoms with Crippen LogP contribution in [0.1, 0.15) is 0 Å². The number of nitrogens with two attached hydrogens (primary N) is 2. The van der Waals surface area contributed by atoms with Crippen molar-refractivity contribution in [2.24, 2.45) is 0 Å². The van der Waals surface area contributed by atoms with Gasteiger partial charge in [0.15, 0.2) is 0 Å². The normalized spacial score (nSPS) is 10.2. The second-order valence-corrected chi connectivity index (χ2v) is 4.10. The molecule has 0 atom stereocenters. The summed E-state index contributed by atoms with van der Waals surface area (Å²) in [4.78, 5) is 4.03. The average molecular weight is 278 g/mol. The maximum atomic E-state index is 5.97. The van der Waals surface area contributed by atoms with Crippen LogP contribution in [0.25, 0.3) is 5.69 Å². The van der Waals surface area contributed by atoms with Crippen molar-refractivity contribution in [3.05, 3.63) is 29.0 Å². The molecule has 0 saturated heterocycles. The molecule has 0 unspecified atom stereocenters. The van der Waals surface area contributed by atoms with Crippen LogP contribution in [0.15, 0.2) is 24.3 Å². The highest BCUT2D eigenvalue weighted by Gasteiger charge is 2.15. The summed E-state index contributed by atoms with van der Waals surface area (Å²) in [5, 5.41) is 0. The Bertz CT molecular complexity index is 647. The van der Waals surface area contributed by atoms with E-state index < -0.39 is 0 Å². The monoisotopic (exact) mass is 278 g/mol. The van der Waals surface area contributed by atoms with Crippen molar-refractivity contribution in [2.45, 2.75) is 0 Å². The van der Waals surface area contributed by atoms with Gasteiger partial charge >= 0.3 is 0 Å². The molecule has 4 N–H and O–H groups in total. The summed E-state index contributed by atoms with van der Waals surface area (Å²) in [6, 6.07) is 6.91. The molecule has 0 saturated carbocycles. The second-order valence-electron chi connectivity index (χ2n) is 3.73. The molecule has 1 aromatic carbocycles. The second kappa shape index (κ2) is 5.15. The molecule has 7 heteroatoms. The fourth-order valence-corrected chi connectivity index (χ4v) is 2.10. The summed E-state index contributed by atoms with van der Waals surface area (Å²) >= 11 is 5.20. The Morgan fingerprint density at radius 3 is 2.21 bits per heavy atom. The third kappa shape index (κ3) is 2.32. The minimum atomic E-state index is 0.236. The third-order valence-electron chi connectivity index (χ3n) is 2.60. The van der Waals surface area contributed by atoms with Crippen molar-refractivity contribution in [1.29, 1.82) is 0 Å². The molecule has 2 aromatic rings. The van der Waals surface area contributed by atoms with Crippen LogP contribution in [0, 0.1) is 4.77 Å². The van der Waals surface area contributed by atoms with Crippen molar-refractivity contribution < 1.29 is 9.47 Å². The highest BCUT2D eigenvalue weighted by atomic mass is 32.1. The zero-order valence-electron chi connectivity index (χ0n) is 10.6. The quantitative estimate of drug-likeness (QED) is 0.832. The van der Waals surface area contributed by atoms with E-state index in [-0.39, 0.29) is 10.6 Å². The first-order valence-corrected chi connectivity index (χ1v) is 5.85. The molecule has 0 fully saturated rings. The molecule has 0 amide bonds. The molecule has 0 spiro atoms. The fourth-order valence-electron chi connectivity index (χ4n) is 1.80. The van der Waals surface area contributed by atoms with E-state index in [0.29, 0.717) is 23.0 Å². The van der Waals surface area contributed by atoms with E-state index in [0.717, 1.165) is 0 Å². The van der Waals surface area contributed by atoms with Gasteiger partial charge in [0.1, 0.15) is 28.8 Å². The number of benzene rings is 1. The van der Waals surface area contributed by atoms with Crippen LogP contribution in [0.3, 0.4) is 0 Å². The summed E-state index contributed by atoms with van der Waals surface area (Å²) in [6.07, 6.45) is 0. The standard InChI is InChI=1S/C12H14N4O2S/c1-17-7-4-3-5-8(18-2)11(7)16-10(14)6-9(13)15-12(16)19/h3-6H,14H2,1-2H3,(H2,13,15,19). The van der Waals surface area contributed by atoms with Gasteiger partial charge in [0.25, 0.3) is 0 Å². The van der Waals surface area contributed by atoms with E-state index >= 15 is 0 Å². The lowest BCUT2D eigenvalue weighted by Crippen LogP contribution is -2.10. The van der Waals surface area contributed by atoms with Crippen molar-refractivity contribution in [3.63, 3.8) is 0 Å². The zero-order chi connectivity index (χ0) is 14.0. The number of hydrogen-bond donors (Lipinski definition) is 2. The molecule has 0 aliphatic carbocycles. The molecule has 100 valence electrons. The Balaban J connectivity index is 2.82. The zero-order valence-corrected chi connectivity index (χ0v) is 11.4. The lowest BCUT2D eigenvalue weighted by atomic mass is 10.2. The molecular weight excluding hydrogens is 264 g/mol. The minimum absolute atomic E-state index is 0.236. The molecular formula is C12H14N4O2S. The first-order chi connectivity index (χ1) is 9.08. The van der Waals surface area contributed by atoms with E-state index in [1.807, 2.05) is 6.07 Å². The van der Waals surface area contributed by atoms with Crippen LogP contribution in [0.5, 0.6) is 11.5 Å². The maximum Gasteiger partial charge on any atom is 0.207 e. The van der Waals surface area contributed by atoms with Gasteiger partial charge in [0.05, 0.1) is 14.2 Å². The number of nitrogens with zero attached hydrogens (tertiary/aromatic N) is 2. The van der Waals surface area contributed by atoms with Gasteiger partial charge in [-0.1, -0.05) is 6.07 Å². The summed E-state index contributed by atoms with van der Waals surface area (Å²) in [6.45, 7) is 0. The molecule has 0 bridgehead atoms. The molecule has 0 radical (unpaired) electrons. The van der Waals surface area contributed by atoms with Gasteiger partial charge in [-0.3, -0.25) is 4.57 Å². The van der Waals surface area contributed by atoms with Gasteiger partial charge < -0.3 is 20.9 Å². The Hall–Kier alpha value is -2.28. The molecule has 0 aliphatic rings. The number of ether oxygens (including phenoxy) is 2. The van der Waals surface area contributed by atoms with Gasteiger partial charge in [-0.05, 0) is 24.4 Å². The van der Waals surface area contributed by atoms with E-state index in [4.69, 9.17) is 33.2 Å². The van der Waals surface area contributed by atoms with E-state index in [1.54, 1.807) is 30.9 Å². The van der Waals surface area contributed by atoms with Crippen LogP contribution < -0.4 is 20.9 Å². The molecule has 1 aromatic heterocycles. The number of para-hydroxylation sites is 1. The van der Waals surface area contributed by atoms with E-state index in [1.165, 1.54) is 6.07 Å². The fraction of sp³-hybridized carbons (Fsp3) is 0.167. The number of hydrogen-bond acceptors (Lipinski definition) is 6. The summed E-state index contributed by atoms with van der Waals surface area (Å²) < 4.78 is 12.4. The van der Waals surface area contributed by atoms with Crippen molar-refractivity contribution in [2.75, 3.05) is 25.7 Å². The van der Waals surface area contributed by atoms with Crippen LogP contribution in [-0.2, 0) is 0 Å². The Morgan fingerprint density at radius 2 is 1.74 bits per heavy atom. The topological polar surface area (TPSA) is 88.3 Å². The highest BCUT2D eigenvalue weighted by molar-refractivity contribution is 7.71. The van der Waals surface area contributed by atoms with E-state index in [2.05, 4.69) is 4.98 Å². The Labute approximate surface area is 115 Å². The highest BCUT2D eigenvalue weighted by Crippen LogP contribution is 2.34. The predicted octanol–water partition coefficient (Wildman–Crippen LogP) is 1.78. The molecule has 2 rings (SSSR count). The summed E-state index contributed by atoms with van der Waals surface area (Å²) in [7, 11) is 3.12.